The van der Waals surface area contributed by atoms with Crippen LogP contribution < -0.4 is 4.74 Å². The molecule has 5 heteroatoms. The molecular weight excluding hydrogens is 285 g/mol. The van der Waals surface area contributed by atoms with E-state index in [-0.39, 0.29) is 12.2 Å². The van der Waals surface area contributed by atoms with Crippen molar-refractivity contribution in [1.29, 1.82) is 0 Å². The second-order valence-electron chi connectivity index (χ2n) is 4.86. The van der Waals surface area contributed by atoms with Crippen LogP contribution in [0.25, 0.3) is 22.6 Å². The van der Waals surface area contributed by atoms with Gasteiger partial charge in [0, 0.05) is 12.0 Å². The summed E-state index contributed by atoms with van der Waals surface area (Å²) in [5.74, 6) is -0.829. The summed E-state index contributed by atoms with van der Waals surface area (Å²) in [6, 6.07) is 11.6. The number of ether oxygens (including phenoxy) is 1. The van der Waals surface area contributed by atoms with Crippen LogP contribution in [0.5, 0.6) is 5.75 Å². The lowest BCUT2D eigenvalue weighted by Gasteiger charge is -2.05. The van der Waals surface area contributed by atoms with Crippen LogP contribution in [0.3, 0.4) is 0 Å². The summed E-state index contributed by atoms with van der Waals surface area (Å²) in [6.45, 7) is 1.86. The fourth-order valence-electron chi connectivity index (χ4n) is 2.09. The van der Waals surface area contributed by atoms with E-state index in [9.17, 15) is 9.18 Å². The molecule has 0 radical (unpaired) electrons. The Balaban J connectivity index is 1.89. The summed E-state index contributed by atoms with van der Waals surface area (Å²) in [5.41, 5.74) is 1.83. The van der Waals surface area contributed by atoms with Crippen LogP contribution in [-0.4, -0.2) is 11.0 Å². The maximum atomic E-state index is 14.0. The van der Waals surface area contributed by atoms with Gasteiger partial charge in [0.15, 0.2) is 17.1 Å². The van der Waals surface area contributed by atoms with Gasteiger partial charge in [0.25, 0.3) is 0 Å². The Bertz CT molecular complexity index is 793. The van der Waals surface area contributed by atoms with E-state index in [0.717, 1.165) is 0 Å². The number of nitrogens with zero attached hydrogens (tertiary/aromatic N) is 1. The van der Waals surface area contributed by atoms with Gasteiger partial charge in [-0.25, -0.2) is 9.37 Å². The van der Waals surface area contributed by atoms with Crippen molar-refractivity contribution in [2.45, 2.75) is 19.8 Å². The lowest BCUT2D eigenvalue weighted by molar-refractivity contribution is -0.134. The Morgan fingerprint density at radius 2 is 2.09 bits per heavy atom. The van der Waals surface area contributed by atoms with Gasteiger partial charge in [0.1, 0.15) is 5.52 Å². The van der Waals surface area contributed by atoms with Gasteiger partial charge in [0.05, 0.1) is 0 Å². The number of benzene rings is 2. The van der Waals surface area contributed by atoms with E-state index in [1.54, 1.807) is 12.1 Å². The average Bonchev–Trinajstić information content (AvgIpc) is 2.93. The Morgan fingerprint density at radius 3 is 2.82 bits per heavy atom. The maximum Gasteiger partial charge on any atom is 0.311 e. The Labute approximate surface area is 126 Å². The van der Waals surface area contributed by atoms with Crippen molar-refractivity contribution < 1.29 is 18.3 Å². The minimum Gasteiger partial charge on any atom is -0.436 e. The normalized spacial score (nSPS) is 10.8. The van der Waals surface area contributed by atoms with Crippen molar-refractivity contribution in [2.24, 2.45) is 0 Å². The molecule has 1 heterocycles. The minimum absolute atomic E-state index is 0.0849. The number of halogens is 1. The summed E-state index contributed by atoms with van der Waals surface area (Å²) in [5, 5.41) is 0. The number of carbonyl (C=O) groups excluding carboxylic acids is 1. The van der Waals surface area contributed by atoms with Gasteiger partial charge >= 0.3 is 5.97 Å². The van der Waals surface area contributed by atoms with Crippen molar-refractivity contribution >= 4 is 17.1 Å². The number of para-hydroxylation sites is 2. The van der Waals surface area contributed by atoms with E-state index in [4.69, 9.17) is 9.15 Å². The molecule has 2 aromatic carbocycles. The smallest absolute Gasteiger partial charge is 0.311 e. The monoisotopic (exact) mass is 299 g/mol. The van der Waals surface area contributed by atoms with Gasteiger partial charge in [-0.2, -0.15) is 0 Å². The van der Waals surface area contributed by atoms with E-state index < -0.39 is 11.8 Å². The molecule has 0 N–H and O–H groups in total. The van der Waals surface area contributed by atoms with E-state index in [2.05, 4.69) is 4.98 Å². The molecule has 3 aromatic rings. The van der Waals surface area contributed by atoms with Crippen LogP contribution >= 0.6 is 0 Å². The largest absolute Gasteiger partial charge is 0.436 e. The molecule has 4 nitrogen and oxygen atoms in total. The third kappa shape index (κ3) is 2.83. The number of oxazole rings is 1. The molecule has 3 rings (SSSR count). The highest BCUT2D eigenvalue weighted by molar-refractivity contribution is 5.76. The lowest BCUT2D eigenvalue weighted by Crippen LogP contribution is -2.08. The van der Waals surface area contributed by atoms with Crippen LogP contribution in [0.4, 0.5) is 4.39 Å². The third-order valence-corrected chi connectivity index (χ3v) is 3.15. The summed E-state index contributed by atoms with van der Waals surface area (Å²) in [7, 11) is 0. The number of hydrogen-bond acceptors (Lipinski definition) is 4. The predicted octanol–water partition coefficient (Wildman–Crippen LogP) is 4.34. The van der Waals surface area contributed by atoms with Gasteiger partial charge in [0.2, 0.25) is 5.89 Å². The Kier molecular flexibility index (Phi) is 3.87. The van der Waals surface area contributed by atoms with Crippen LogP contribution in [0.1, 0.15) is 19.8 Å². The molecule has 0 spiro atoms. The first kappa shape index (κ1) is 14.3. The SMILES string of the molecule is CCCC(=O)Oc1ccc(-c2nc3ccccc3o2)cc1F. The molecule has 0 saturated carbocycles. The molecule has 22 heavy (non-hydrogen) atoms. The summed E-state index contributed by atoms with van der Waals surface area (Å²) in [4.78, 5) is 15.7. The molecule has 0 aliphatic carbocycles. The molecule has 112 valence electrons. The zero-order chi connectivity index (χ0) is 15.5. The number of esters is 1. The van der Waals surface area contributed by atoms with Crippen LogP contribution in [0.15, 0.2) is 46.9 Å². The van der Waals surface area contributed by atoms with Crippen molar-refractivity contribution in [2.75, 3.05) is 0 Å². The maximum absolute atomic E-state index is 14.0. The number of fused-ring (bicyclic) bond motifs is 1. The molecule has 0 atom stereocenters. The molecule has 1 aromatic heterocycles. The number of hydrogen-bond donors (Lipinski definition) is 0. The number of carbonyl (C=O) groups is 1. The highest BCUT2D eigenvalue weighted by Gasteiger charge is 2.13. The lowest BCUT2D eigenvalue weighted by atomic mass is 10.2. The molecule has 0 amide bonds. The second-order valence-corrected chi connectivity index (χ2v) is 4.86. The second kappa shape index (κ2) is 5.97. The molecular formula is C17H14FNO3. The first-order valence-electron chi connectivity index (χ1n) is 7.03. The first-order valence-corrected chi connectivity index (χ1v) is 7.03. The predicted molar refractivity (Wildman–Crippen MR) is 79.9 cm³/mol. The molecule has 0 aliphatic rings. The first-order chi connectivity index (χ1) is 10.7. The summed E-state index contributed by atoms with van der Waals surface area (Å²) in [6.07, 6.45) is 0.910. The van der Waals surface area contributed by atoms with Gasteiger partial charge < -0.3 is 9.15 Å². The topological polar surface area (TPSA) is 52.3 Å². The van der Waals surface area contributed by atoms with Crippen LogP contribution in [0, 0.1) is 5.82 Å². The van der Waals surface area contributed by atoms with Crippen molar-refractivity contribution in [3.05, 3.63) is 48.3 Å². The zero-order valence-electron chi connectivity index (χ0n) is 12.0. The fraction of sp³-hybridized carbons (Fsp3) is 0.176. The van der Waals surface area contributed by atoms with Crippen LogP contribution in [-0.2, 0) is 4.79 Å². The van der Waals surface area contributed by atoms with Crippen molar-refractivity contribution in [1.82, 2.24) is 4.98 Å². The molecule has 0 fully saturated rings. The third-order valence-electron chi connectivity index (χ3n) is 3.15. The van der Waals surface area contributed by atoms with Gasteiger partial charge in [-0.05, 0) is 36.8 Å². The quantitative estimate of drug-likeness (QED) is 0.531. The van der Waals surface area contributed by atoms with E-state index in [1.807, 2.05) is 25.1 Å². The standard InChI is InChI=1S/C17H14FNO3/c1-2-5-16(20)21-14-9-8-11(10-12(14)18)17-19-13-6-3-4-7-15(13)22-17/h3-4,6-10H,2,5H2,1H3. The average molecular weight is 299 g/mol. The number of rotatable bonds is 4. The molecule has 0 aliphatic heterocycles. The molecule has 0 unspecified atom stereocenters. The van der Waals surface area contributed by atoms with E-state index >= 15 is 0 Å². The van der Waals surface area contributed by atoms with Gasteiger partial charge in [-0.1, -0.05) is 19.1 Å². The Hall–Kier alpha value is -2.69. The minimum atomic E-state index is -0.621. The highest BCUT2D eigenvalue weighted by atomic mass is 19.1. The van der Waals surface area contributed by atoms with Gasteiger partial charge in [-0.3, -0.25) is 4.79 Å². The zero-order valence-corrected chi connectivity index (χ0v) is 12.0. The summed E-state index contributed by atoms with van der Waals surface area (Å²) < 4.78 is 24.6. The number of aromatic nitrogens is 1. The van der Waals surface area contributed by atoms with Crippen molar-refractivity contribution in [3.8, 4) is 17.2 Å². The van der Waals surface area contributed by atoms with E-state index in [0.29, 0.717) is 29.0 Å². The van der Waals surface area contributed by atoms with Gasteiger partial charge in [-0.15, -0.1) is 0 Å². The van der Waals surface area contributed by atoms with Crippen LogP contribution in [0.2, 0.25) is 0 Å². The van der Waals surface area contributed by atoms with Crippen molar-refractivity contribution in [3.63, 3.8) is 0 Å². The molecule has 0 saturated heterocycles. The molecule has 0 bridgehead atoms. The highest BCUT2D eigenvalue weighted by Crippen LogP contribution is 2.28. The Morgan fingerprint density at radius 1 is 1.27 bits per heavy atom. The van der Waals surface area contributed by atoms with E-state index in [1.165, 1.54) is 12.1 Å². The fourth-order valence-corrected chi connectivity index (χ4v) is 2.09. The summed E-state index contributed by atoms with van der Waals surface area (Å²) >= 11 is 0.